The summed E-state index contributed by atoms with van der Waals surface area (Å²) in [6.07, 6.45) is 10.8. The van der Waals surface area contributed by atoms with E-state index in [1.807, 2.05) is 0 Å². The molecule has 1 amide bonds. The summed E-state index contributed by atoms with van der Waals surface area (Å²) in [5.41, 5.74) is 1.45. The highest BCUT2D eigenvalue weighted by Crippen LogP contribution is 2.24. The van der Waals surface area contributed by atoms with Crippen LogP contribution in [0.1, 0.15) is 52.4 Å². The topological polar surface area (TPSA) is 84.3 Å². The first kappa shape index (κ1) is 20.4. The Hall–Kier alpha value is -2.35. The minimum Gasteiger partial charge on any atom is -0.475 e. The zero-order valence-corrected chi connectivity index (χ0v) is 17.2. The number of hydrogen-bond donors (Lipinski definition) is 2. The smallest absolute Gasteiger partial charge is 0.250 e. The summed E-state index contributed by atoms with van der Waals surface area (Å²) in [6, 6.07) is 0. The van der Waals surface area contributed by atoms with Crippen molar-refractivity contribution in [2.75, 3.05) is 30.3 Å². The summed E-state index contributed by atoms with van der Waals surface area (Å²) in [5, 5.41) is 10.1. The largest absolute Gasteiger partial charge is 0.475 e. The molecule has 0 saturated carbocycles. The summed E-state index contributed by atoms with van der Waals surface area (Å²) in [6.45, 7) is 6.97. The zero-order chi connectivity index (χ0) is 19.9. The number of nitrogens with zero attached hydrogens (tertiary/aromatic N) is 4. The van der Waals surface area contributed by atoms with Crippen molar-refractivity contribution in [1.29, 1.82) is 0 Å². The number of carbonyl (C=O) groups is 1. The number of ether oxygens (including phenoxy) is 1. The number of aryl methyl sites for hydroxylation is 1. The second-order valence-corrected chi connectivity index (χ2v) is 7.50. The molecule has 0 radical (unpaired) electrons. The molecule has 0 spiro atoms. The van der Waals surface area contributed by atoms with Gasteiger partial charge in [-0.15, -0.1) is 5.10 Å². The van der Waals surface area contributed by atoms with Crippen molar-refractivity contribution in [3.63, 3.8) is 0 Å². The highest BCUT2D eigenvalue weighted by Gasteiger charge is 2.18. The van der Waals surface area contributed by atoms with Crippen molar-refractivity contribution >= 4 is 17.8 Å². The van der Waals surface area contributed by atoms with Crippen LogP contribution in [-0.2, 0) is 16.6 Å². The number of carbonyl (C=O) groups excluding carboxylic acids is 1. The fraction of sp³-hybridized carbons (Fsp3) is 0.650. The maximum atomic E-state index is 11.2. The minimum atomic E-state index is -0.200. The number of aromatic nitrogens is 3. The van der Waals surface area contributed by atoms with E-state index in [1.165, 1.54) is 44.8 Å². The number of hydrogen-bond acceptors (Lipinski definition) is 6. The van der Waals surface area contributed by atoms with Crippen molar-refractivity contribution in [2.45, 2.75) is 58.6 Å². The van der Waals surface area contributed by atoms with Gasteiger partial charge in [-0.25, -0.2) is 4.68 Å². The van der Waals surface area contributed by atoms with Crippen LogP contribution in [-0.4, -0.2) is 51.4 Å². The van der Waals surface area contributed by atoms with E-state index in [0.717, 1.165) is 31.6 Å². The summed E-state index contributed by atoms with van der Waals surface area (Å²) in [5.74, 6) is 1.67. The van der Waals surface area contributed by atoms with Crippen LogP contribution in [0.2, 0.25) is 0 Å². The molecule has 2 aliphatic rings. The Morgan fingerprint density at radius 3 is 2.79 bits per heavy atom. The monoisotopic (exact) mass is 388 g/mol. The molecule has 1 aliphatic heterocycles. The predicted molar refractivity (Wildman–Crippen MR) is 110 cm³/mol. The van der Waals surface area contributed by atoms with Gasteiger partial charge in [0.05, 0.1) is 5.76 Å². The van der Waals surface area contributed by atoms with Gasteiger partial charge in [0.15, 0.2) is 6.23 Å². The van der Waals surface area contributed by atoms with Gasteiger partial charge in [0.2, 0.25) is 11.9 Å². The average Bonchev–Trinajstić information content (AvgIpc) is 3.00. The fourth-order valence-electron chi connectivity index (χ4n) is 3.60. The number of nitrogens with one attached hydrogen (secondary N) is 2. The van der Waals surface area contributed by atoms with E-state index >= 15 is 0 Å². The number of rotatable bonds is 8. The quantitative estimate of drug-likeness (QED) is 0.526. The fourth-order valence-corrected chi connectivity index (χ4v) is 3.60. The van der Waals surface area contributed by atoms with Crippen molar-refractivity contribution in [1.82, 2.24) is 19.7 Å². The molecule has 2 N–H and O–H groups in total. The molecule has 0 aromatic carbocycles. The van der Waals surface area contributed by atoms with Gasteiger partial charge in [-0.2, -0.15) is 4.98 Å². The second kappa shape index (κ2) is 9.73. The van der Waals surface area contributed by atoms with E-state index in [9.17, 15) is 4.79 Å². The third-order valence-corrected chi connectivity index (χ3v) is 5.03. The molecule has 154 valence electrons. The first-order valence-corrected chi connectivity index (χ1v) is 10.2. The van der Waals surface area contributed by atoms with Gasteiger partial charge >= 0.3 is 0 Å². The lowest BCUT2D eigenvalue weighted by atomic mass is 10.0. The Balaban J connectivity index is 1.53. The van der Waals surface area contributed by atoms with Gasteiger partial charge < -0.3 is 10.1 Å². The highest BCUT2D eigenvalue weighted by molar-refractivity contribution is 5.86. The lowest BCUT2D eigenvalue weighted by molar-refractivity contribution is -0.114. The summed E-state index contributed by atoms with van der Waals surface area (Å²) < 4.78 is 7.84. The number of anilines is 2. The average molecular weight is 389 g/mol. The standard InChI is InChI=1S/C20H32N6O2/c1-4-18(22-20-23-19(21-15(2)27)24-25(20)3)28-17-10-8-9-16(13-17)14-26-11-6-5-7-12-26/h9-10,18H,4-8,11-14H2,1-3H3,(H2,21,22,23,24,27). The highest BCUT2D eigenvalue weighted by atomic mass is 16.5. The lowest BCUT2D eigenvalue weighted by Crippen LogP contribution is -2.32. The molecule has 1 aromatic heterocycles. The zero-order valence-electron chi connectivity index (χ0n) is 17.2. The van der Waals surface area contributed by atoms with Crippen LogP contribution in [0.25, 0.3) is 0 Å². The van der Waals surface area contributed by atoms with E-state index in [0.29, 0.717) is 5.95 Å². The molecule has 1 fully saturated rings. The van der Waals surface area contributed by atoms with Crippen LogP contribution in [0.3, 0.4) is 0 Å². The van der Waals surface area contributed by atoms with E-state index in [1.54, 1.807) is 11.7 Å². The molecule has 28 heavy (non-hydrogen) atoms. The molecule has 1 aromatic rings. The maximum Gasteiger partial charge on any atom is 0.250 e. The van der Waals surface area contributed by atoms with E-state index in [2.05, 4.69) is 44.7 Å². The van der Waals surface area contributed by atoms with Gasteiger partial charge in [0.1, 0.15) is 0 Å². The Morgan fingerprint density at radius 1 is 1.29 bits per heavy atom. The predicted octanol–water partition coefficient (Wildman–Crippen LogP) is 3.03. The van der Waals surface area contributed by atoms with Crippen molar-refractivity contribution in [2.24, 2.45) is 7.05 Å². The van der Waals surface area contributed by atoms with Crippen LogP contribution in [0.4, 0.5) is 11.9 Å². The molecule has 1 atom stereocenters. The van der Waals surface area contributed by atoms with Crippen LogP contribution >= 0.6 is 0 Å². The van der Waals surface area contributed by atoms with Gasteiger partial charge in [0.25, 0.3) is 5.95 Å². The van der Waals surface area contributed by atoms with E-state index < -0.39 is 0 Å². The SMILES string of the molecule is CCC(Nc1nc(NC(C)=O)nn1C)OC1=CCC=C(CN2CCCCC2)C1. The third-order valence-electron chi connectivity index (χ3n) is 5.03. The molecule has 0 bridgehead atoms. The molecule has 8 heteroatoms. The van der Waals surface area contributed by atoms with Crippen LogP contribution < -0.4 is 10.6 Å². The molecule has 1 aliphatic carbocycles. The van der Waals surface area contributed by atoms with Crippen LogP contribution in [0.15, 0.2) is 23.5 Å². The Bertz CT molecular complexity index is 733. The molecule has 1 unspecified atom stereocenters. The number of allylic oxidation sites excluding steroid dienone is 3. The summed E-state index contributed by atoms with van der Waals surface area (Å²) in [4.78, 5) is 18.1. The first-order chi connectivity index (χ1) is 13.5. The minimum absolute atomic E-state index is 0.194. The van der Waals surface area contributed by atoms with Gasteiger partial charge in [-0.1, -0.05) is 25.0 Å². The number of likely N-dealkylation sites (tertiary alicyclic amines) is 1. The Morgan fingerprint density at radius 2 is 2.07 bits per heavy atom. The Kier molecular flexibility index (Phi) is 7.08. The van der Waals surface area contributed by atoms with Crippen LogP contribution in [0.5, 0.6) is 0 Å². The molecular formula is C20H32N6O2. The maximum absolute atomic E-state index is 11.2. The first-order valence-electron chi connectivity index (χ1n) is 10.2. The van der Waals surface area contributed by atoms with Crippen molar-refractivity contribution < 1.29 is 9.53 Å². The molecule has 2 heterocycles. The number of piperidine rings is 1. The second-order valence-electron chi connectivity index (χ2n) is 7.50. The Labute approximate surface area is 167 Å². The van der Waals surface area contributed by atoms with Crippen molar-refractivity contribution in [3.05, 3.63) is 23.5 Å². The molecule has 1 saturated heterocycles. The van der Waals surface area contributed by atoms with Crippen LogP contribution in [0, 0.1) is 0 Å². The number of amides is 1. The molecular weight excluding hydrogens is 356 g/mol. The summed E-state index contributed by atoms with van der Waals surface area (Å²) >= 11 is 0. The van der Waals surface area contributed by atoms with E-state index in [4.69, 9.17) is 4.74 Å². The summed E-state index contributed by atoms with van der Waals surface area (Å²) in [7, 11) is 1.78. The van der Waals surface area contributed by atoms with Gasteiger partial charge in [-0.3, -0.25) is 15.0 Å². The van der Waals surface area contributed by atoms with Gasteiger partial charge in [0, 0.05) is 33.4 Å². The van der Waals surface area contributed by atoms with E-state index in [-0.39, 0.29) is 18.1 Å². The van der Waals surface area contributed by atoms with Gasteiger partial charge in [-0.05, 0) is 38.4 Å². The normalized spacial score (nSPS) is 18.8. The molecule has 8 nitrogen and oxygen atoms in total. The molecule has 3 rings (SSSR count). The lowest BCUT2D eigenvalue weighted by Gasteiger charge is -2.29. The third kappa shape index (κ3) is 5.82. The van der Waals surface area contributed by atoms with Crippen molar-refractivity contribution in [3.8, 4) is 0 Å².